The predicted octanol–water partition coefficient (Wildman–Crippen LogP) is 1.81. The molecule has 0 bridgehead atoms. The van der Waals surface area contributed by atoms with Crippen molar-refractivity contribution in [1.29, 1.82) is 0 Å². The third kappa shape index (κ3) is 3.27. The molecule has 0 radical (unpaired) electrons. The molecule has 0 unspecified atom stereocenters. The molecule has 8 heteroatoms. The van der Waals surface area contributed by atoms with Crippen LogP contribution in [0.2, 0.25) is 0 Å². The quantitative estimate of drug-likeness (QED) is 0.310. The van der Waals surface area contributed by atoms with Crippen molar-refractivity contribution >= 4 is 23.7 Å². The number of benzene rings is 1. The maximum Gasteiger partial charge on any atom is 0.342 e. The smallest absolute Gasteiger partial charge is 0.342 e. The van der Waals surface area contributed by atoms with Crippen molar-refractivity contribution in [3.8, 4) is 11.5 Å². The molecule has 2 fully saturated rings. The number of carbonyl (C=O) groups is 3. The fraction of sp³-hybridized carbons (Fsp3) is 0.476. The van der Waals surface area contributed by atoms with Gasteiger partial charge in [-0.1, -0.05) is 19.9 Å². The number of esters is 1. The molecule has 1 aromatic rings. The largest absolute Gasteiger partial charge is 0.493 e. The van der Waals surface area contributed by atoms with Crippen LogP contribution in [0, 0.1) is 5.92 Å². The lowest BCUT2D eigenvalue weighted by Crippen LogP contribution is -2.56. The molecular formula is C21H25NO7. The summed E-state index contributed by atoms with van der Waals surface area (Å²) in [4.78, 5) is 40.3. The lowest BCUT2D eigenvalue weighted by atomic mass is 9.93. The zero-order valence-electron chi connectivity index (χ0n) is 17.2. The highest BCUT2D eigenvalue weighted by Crippen LogP contribution is 2.42. The number of carbonyl (C=O) groups excluding carboxylic acids is 3. The average molecular weight is 403 g/mol. The van der Waals surface area contributed by atoms with Crippen LogP contribution in [0.15, 0.2) is 23.8 Å². The summed E-state index contributed by atoms with van der Waals surface area (Å²) < 4.78 is 21.1. The van der Waals surface area contributed by atoms with Crippen LogP contribution in [-0.4, -0.2) is 62.3 Å². The maximum absolute atomic E-state index is 13.3. The van der Waals surface area contributed by atoms with E-state index in [1.807, 2.05) is 13.8 Å². The van der Waals surface area contributed by atoms with Crippen molar-refractivity contribution in [3.05, 3.63) is 29.3 Å². The minimum absolute atomic E-state index is 0.0836. The van der Waals surface area contributed by atoms with Gasteiger partial charge in [0.1, 0.15) is 6.23 Å². The molecule has 0 spiro atoms. The lowest BCUT2D eigenvalue weighted by Gasteiger charge is -2.28. The van der Waals surface area contributed by atoms with Crippen LogP contribution >= 0.6 is 0 Å². The summed E-state index contributed by atoms with van der Waals surface area (Å²) in [5.74, 6) is -0.763. The fourth-order valence-corrected chi connectivity index (χ4v) is 3.77. The Bertz CT molecular complexity index is 876. The molecule has 0 saturated carbocycles. The highest BCUT2D eigenvalue weighted by atomic mass is 16.6. The van der Waals surface area contributed by atoms with Gasteiger partial charge >= 0.3 is 5.97 Å². The number of fused-ring (bicyclic) bond motifs is 1. The Morgan fingerprint density at radius 3 is 2.52 bits per heavy atom. The molecule has 0 aromatic heterocycles. The zero-order valence-corrected chi connectivity index (χ0v) is 17.2. The van der Waals surface area contributed by atoms with Gasteiger partial charge in [0.05, 0.1) is 33.5 Å². The van der Waals surface area contributed by atoms with E-state index >= 15 is 0 Å². The Morgan fingerprint density at radius 2 is 1.93 bits per heavy atom. The van der Waals surface area contributed by atoms with Crippen molar-refractivity contribution in [2.75, 3.05) is 27.9 Å². The minimum atomic E-state index is -1.77. The monoisotopic (exact) mass is 403 g/mol. The summed E-state index contributed by atoms with van der Waals surface area (Å²) in [6.07, 6.45) is 1.30. The van der Waals surface area contributed by atoms with Crippen LogP contribution in [0.3, 0.4) is 0 Å². The standard InChI is InChI=1S/C21H25NO7/c1-12(2)8-17-22-19(24)14(18(23)21(22,11-29-17)20(25)28-5)9-13-6-7-15(26-3)16(10-13)27-4/h6-7,9-10,12,17H,8,11H2,1-5H3/b14-9-/t17-,21-/m1/s1. The van der Waals surface area contributed by atoms with E-state index in [0.29, 0.717) is 23.5 Å². The van der Waals surface area contributed by atoms with Gasteiger partial charge in [-0.05, 0) is 36.1 Å². The first kappa shape index (κ1) is 20.9. The van der Waals surface area contributed by atoms with Gasteiger partial charge < -0.3 is 18.9 Å². The molecule has 0 N–H and O–H groups in total. The van der Waals surface area contributed by atoms with E-state index < -0.39 is 29.4 Å². The molecule has 0 aliphatic carbocycles. The Labute approximate surface area is 169 Å². The summed E-state index contributed by atoms with van der Waals surface area (Å²) in [7, 11) is 4.21. The molecule has 2 atom stereocenters. The van der Waals surface area contributed by atoms with Crippen molar-refractivity contribution in [3.63, 3.8) is 0 Å². The van der Waals surface area contributed by atoms with Crippen LogP contribution in [0.5, 0.6) is 11.5 Å². The van der Waals surface area contributed by atoms with Gasteiger partial charge in [-0.25, -0.2) is 4.79 Å². The lowest BCUT2D eigenvalue weighted by molar-refractivity contribution is -0.158. The van der Waals surface area contributed by atoms with E-state index in [0.717, 1.165) is 0 Å². The number of hydrogen-bond donors (Lipinski definition) is 0. The molecule has 1 amide bonds. The third-order valence-corrected chi connectivity index (χ3v) is 5.17. The van der Waals surface area contributed by atoms with E-state index in [9.17, 15) is 14.4 Å². The molecule has 156 valence electrons. The maximum atomic E-state index is 13.3. The number of ketones is 1. The van der Waals surface area contributed by atoms with Crippen LogP contribution < -0.4 is 9.47 Å². The highest BCUT2D eigenvalue weighted by molar-refractivity contribution is 6.37. The second kappa shape index (κ2) is 7.87. The van der Waals surface area contributed by atoms with Crippen molar-refractivity contribution in [2.24, 2.45) is 5.92 Å². The first-order chi connectivity index (χ1) is 13.8. The van der Waals surface area contributed by atoms with E-state index in [1.165, 1.54) is 32.3 Å². The normalized spacial score (nSPS) is 25.0. The number of methoxy groups -OCH3 is 3. The topological polar surface area (TPSA) is 91.4 Å². The van der Waals surface area contributed by atoms with E-state index in [4.69, 9.17) is 18.9 Å². The third-order valence-electron chi connectivity index (χ3n) is 5.17. The second-order valence-electron chi connectivity index (χ2n) is 7.42. The van der Waals surface area contributed by atoms with Crippen LogP contribution in [0.25, 0.3) is 6.08 Å². The van der Waals surface area contributed by atoms with Crippen molar-refractivity contribution < 1.29 is 33.3 Å². The van der Waals surface area contributed by atoms with Crippen LogP contribution in [0.1, 0.15) is 25.8 Å². The zero-order chi connectivity index (χ0) is 21.3. The molecule has 2 aliphatic heterocycles. The van der Waals surface area contributed by atoms with Gasteiger partial charge in [0.2, 0.25) is 11.3 Å². The molecule has 8 nitrogen and oxygen atoms in total. The summed E-state index contributed by atoms with van der Waals surface area (Å²) in [6.45, 7) is 3.74. The van der Waals surface area contributed by atoms with Crippen molar-refractivity contribution in [2.45, 2.75) is 32.0 Å². The predicted molar refractivity (Wildman–Crippen MR) is 103 cm³/mol. The molecule has 2 aliphatic rings. The number of Topliss-reactive ketones (excluding diaryl/α,β-unsaturated/α-hetero) is 1. The Hall–Kier alpha value is -2.87. The van der Waals surface area contributed by atoms with E-state index in [2.05, 4.69) is 0 Å². The first-order valence-corrected chi connectivity index (χ1v) is 9.32. The van der Waals surface area contributed by atoms with Gasteiger partial charge in [0.15, 0.2) is 11.5 Å². The Balaban J connectivity index is 2.06. The number of rotatable bonds is 6. The van der Waals surface area contributed by atoms with Gasteiger partial charge in [-0.2, -0.15) is 0 Å². The van der Waals surface area contributed by atoms with Crippen LogP contribution in [0.4, 0.5) is 0 Å². The molecule has 2 heterocycles. The summed E-state index contributed by atoms with van der Waals surface area (Å²) in [6, 6.07) is 5.03. The molecule has 3 rings (SSSR count). The molecular weight excluding hydrogens is 378 g/mol. The Morgan fingerprint density at radius 1 is 1.24 bits per heavy atom. The van der Waals surface area contributed by atoms with E-state index in [-0.39, 0.29) is 18.1 Å². The summed E-state index contributed by atoms with van der Waals surface area (Å²) in [5.41, 5.74) is -1.28. The van der Waals surface area contributed by atoms with Crippen molar-refractivity contribution in [1.82, 2.24) is 4.90 Å². The molecule has 29 heavy (non-hydrogen) atoms. The average Bonchev–Trinajstić information content (AvgIpc) is 3.18. The van der Waals surface area contributed by atoms with Crippen LogP contribution in [-0.2, 0) is 23.9 Å². The van der Waals surface area contributed by atoms with Gasteiger partial charge in [-0.3, -0.25) is 14.5 Å². The van der Waals surface area contributed by atoms with Gasteiger partial charge in [0.25, 0.3) is 5.91 Å². The highest BCUT2D eigenvalue weighted by Gasteiger charge is 2.67. The molecule has 1 aromatic carbocycles. The van der Waals surface area contributed by atoms with Gasteiger partial charge in [0, 0.05) is 0 Å². The minimum Gasteiger partial charge on any atom is -0.493 e. The van der Waals surface area contributed by atoms with Gasteiger partial charge in [-0.15, -0.1) is 0 Å². The fourth-order valence-electron chi connectivity index (χ4n) is 3.77. The number of nitrogens with zero attached hydrogens (tertiary/aromatic N) is 1. The SMILES string of the molecule is COC(=O)[C@]12CO[C@H](CC(C)C)N1C(=O)/C(=C\c1ccc(OC)c(OC)c1)C2=O. The first-order valence-electron chi connectivity index (χ1n) is 9.32. The second-order valence-corrected chi connectivity index (χ2v) is 7.42. The number of ether oxygens (including phenoxy) is 4. The Kier molecular flexibility index (Phi) is 5.66. The summed E-state index contributed by atoms with van der Waals surface area (Å²) >= 11 is 0. The van der Waals surface area contributed by atoms with E-state index in [1.54, 1.807) is 18.2 Å². The molecule has 2 saturated heterocycles. The number of amides is 1. The number of hydrogen-bond acceptors (Lipinski definition) is 7. The summed E-state index contributed by atoms with van der Waals surface area (Å²) in [5, 5.41) is 0.